The Morgan fingerprint density at radius 1 is 1.35 bits per heavy atom. The largest absolute Gasteiger partial charge is 0.397 e. The molecule has 0 aliphatic heterocycles. The Morgan fingerprint density at radius 3 is 2.57 bits per heavy atom. The summed E-state index contributed by atoms with van der Waals surface area (Å²) in [5, 5.41) is 0. The minimum Gasteiger partial charge on any atom is -0.397 e. The smallest absolute Gasteiger partial charge is 0.112 e. The van der Waals surface area contributed by atoms with Crippen molar-refractivity contribution in [1.29, 1.82) is 0 Å². The van der Waals surface area contributed by atoms with E-state index in [-0.39, 0.29) is 0 Å². The van der Waals surface area contributed by atoms with Crippen LogP contribution in [0.2, 0.25) is 0 Å². The molecule has 0 saturated carbocycles. The number of nitrogens with zero attached hydrogens (tertiary/aromatic N) is 1. The Labute approximate surface area is 139 Å². The fraction of sp³-hybridized carbons (Fsp3) is 0.526. The molecule has 2 aromatic rings. The van der Waals surface area contributed by atoms with Crippen molar-refractivity contribution in [3.63, 3.8) is 0 Å². The Morgan fingerprint density at radius 2 is 2.00 bits per heavy atom. The molecule has 1 aliphatic carbocycles. The van der Waals surface area contributed by atoms with Gasteiger partial charge in [-0.1, -0.05) is 41.2 Å². The van der Waals surface area contributed by atoms with Crippen molar-refractivity contribution < 1.29 is 0 Å². The average molecular weight is 314 g/mol. The Kier molecular flexibility index (Phi) is 4.73. The van der Waals surface area contributed by atoms with Crippen LogP contribution >= 0.6 is 0 Å². The monoisotopic (exact) mass is 314 g/mol. The van der Waals surface area contributed by atoms with Crippen LogP contribution in [0.1, 0.15) is 58.0 Å². The number of aryl methyl sites for hydroxylation is 1. The molecule has 4 nitrogen and oxygen atoms in total. The number of hydrogen-bond donors (Lipinski definition) is 3. The van der Waals surface area contributed by atoms with Crippen LogP contribution in [0.3, 0.4) is 0 Å². The lowest BCUT2D eigenvalue weighted by Crippen LogP contribution is -2.27. The number of nitrogens with two attached hydrogens (primary N) is 2. The van der Waals surface area contributed by atoms with E-state index in [0.29, 0.717) is 28.4 Å². The highest BCUT2D eigenvalue weighted by Gasteiger charge is 2.29. The van der Waals surface area contributed by atoms with Gasteiger partial charge < -0.3 is 16.5 Å². The predicted molar refractivity (Wildman–Crippen MR) is 100 cm³/mol. The summed E-state index contributed by atoms with van der Waals surface area (Å²) < 4.78 is 0. The van der Waals surface area contributed by atoms with Gasteiger partial charge in [-0.25, -0.2) is 4.98 Å². The van der Waals surface area contributed by atoms with Gasteiger partial charge in [0.1, 0.15) is 5.52 Å². The maximum absolute atomic E-state index is 6.14. The maximum atomic E-state index is 6.14. The number of aromatic nitrogens is 2. The number of hydrogen-bond acceptors (Lipinski definition) is 3. The van der Waals surface area contributed by atoms with Crippen LogP contribution in [-0.4, -0.2) is 9.97 Å². The van der Waals surface area contributed by atoms with Gasteiger partial charge in [0.15, 0.2) is 0 Å². The molecule has 4 heteroatoms. The third-order valence-electron chi connectivity index (χ3n) is 4.72. The molecule has 2 heterocycles. The normalized spacial score (nSPS) is 17.3. The molecule has 2 aromatic heterocycles. The van der Waals surface area contributed by atoms with Crippen molar-refractivity contribution in [1.82, 2.24) is 9.97 Å². The molecular formula is C19H30N4. The molecule has 0 radical (unpaired) electrons. The molecule has 5 N–H and O–H groups in total. The second-order valence-corrected chi connectivity index (χ2v) is 7.24. The Hall–Kier alpha value is -1.97. The Bertz CT molecular complexity index is 719. The van der Waals surface area contributed by atoms with Crippen LogP contribution in [-0.2, 0) is 12.8 Å². The van der Waals surface area contributed by atoms with Gasteiger partial charge in [0.2, 0.25) is 0 Å². The molecule has 0 bridgehead atoms. The lowest BCUT2D eigenvalue weighted by atomic mass is 9.71. The molecule has 0 amide bonds. The molecular weight excluding hydrogens is 284 g/mol. The number of anilines is 1. The molecule has 1 unspecified atom stereocenters. The first kappa shape index (κ1) is 17.4. The van der Waals surface area contributed by atoms with Crippen molar-refractivity contribution in [3.05, 3.63) is 29.6 Å². The number of aromatic amines is 1. The zero-order valence-electron chi connectivity index (χ0n) is 15.1. The molecule has 3 rings (SSSR count). The highest BCUT2D eigenvalue weighted by Crippen LogP contribution is 2.38. The van der Waals surface area contributed by atoms with Crippen LogP contribution in [0.25, 0.3) is 16.7 Å². The topological polar surface area (TPSA) is 80.7 Å². The summed E-state index contributed by atoms with van der Waals surface area (Å²) in [4.78, 5) is 8.04. The van der Waals surface area contributed by atoms with E-state index in [1.807, 2.05) is 13.8 Å². The van der Waals surface area contributed by atoms with E-state index in [0.717, 1.165) is 23.9 Å². The summed E-state index contributed by atoms with van der Waals surface area (Å²) >= 11 is 0. The fourth-order valence-electron chi connectivity index (χ4n) is 3.28. The first-order valence-electron chi connectivity index (χ1n) is 8.52. The summed E-state index contributed by atoms with van der Waals surface area (Å²) in [6.45, 7) is 14.7. The first-order valence-corrected chi connectivity index (χ1v) is 8.52. The minimum absolute atomic E-state index is 0.331. The quantitative estimate of drug-likeness (QED) is 0.736. The third kappa shape index (κ3) is 3.21. The standard InChI is InChI=1S/C17H24N4.C2H6/c1-9(18)15-14(19)16-13(21-15)8-10-7-11(17(2,3)4)5-6-12(10)20-16;1-2/h8,11,21H,1,5-7,18-19H2,2-4H3;1-2H3. The SMILES string of the molecule is C=C(N)c1[nH]c2cc3c(nc2c1N)CCC(C(C)(C)C)C3.CC. The molecule has 0 saturated heterocycles. The number of rotatable bonds is 1. The second-order valence-electron chi connectivity index (χ2n) is 7.24. The van der Waals surface area contributed by atoms with Crippen LogP contribution in [0.15, 0.2) is 12.6 Å². The van der Waals surface area contributed by atoms with Crippen LogP contribution in [0, 0.1) is 11.3 Å². The van der Waals surface area contributed by atoms with Gasteiger partial charge in [0.05, 0.1) is 22.6 Å². The molecule has 1 atom stereocenters. The molecule has 0 fully saturated rings. The molecule has 23 heavy (non-hydrogen) atoms. The van der Waals surface area contributed by atoms with Crippen molar-refractivity contribution in [2.45, 2.75) is 53.9 Å². The number of nitrogens with one attached hydrogen (secondary N) is 1. The van der Waals surface area contributed by atoms with Crippen LogP contribution < -0.4 is 11.5 Å². The van der Waals surface area contributed by atoms with E-state index in [4.69, 9.17) is 16.5 Å². The van der Waals surface area contributed by atoms with Gasteiger partial charge in [-0.3, -0.25) is 0 Å². The van der Waals surface area contributed by atoms with Gasteiger partial charge in [0.25, 0.3) is 0 Å². The van der Waals surface area contributed by atoms with Crippen molar-refractivity contribution in [2.24, 2.45) is 17.1 Å². The Balaban J connectivity index is 0.000000924. The summed E-state index contributed by atoms with van der Waals surface area (Å²) in [7, 11) is 0. The van der Waals surface area contributed by atoms with Gasteiger partial charge in [0, 0.05) is 5.69 Å². The zero-order valence-corrected chi connectivity index (χ0v) is 15.1. The summed E-state index contributed by atoms with van der Waals surface area (Å²) in [5.41, 5.74) is 18.3. The van der Waals surface area contributed by atoms with Gasteiger partial charge >= 0.3 is 0 Å². The molecule has 1 aliphatic rings. The lowest BCUT2D eigenvalue weighted by Gasteiger charge is -2.34. The lowest BCUT2D eigenvalue weighted by molar-refractivity contribution is 0.215. The number of fused-ring (bicyclic) bond motifs is 2. The number of pyridine rings is 1. The summed E-state index contributed by atoms with van der Waals surface area (Å²) in [6, 6.07) is 2.19. The summed E-state index contributed by atoms with van der Waals surface area (Å²) in [6.07, 6.45) is 3.30. The number of nitrogen functional groups attached to an aromatic ring is 1. The predicted octanol–water partition coefficient (Wildman–Crippen LogP) is 4.25. The first-order chi connectivity index (χ1) is 10.8. The van der Waals surface area contributed by atoms with Crippen molar-refractivity contribution in [2.75, 3.05) is 5.73 Å². The van der Waals surface area contributed by atoms with E-state index in [9.17, 15) is 0 Å². The van der Waals surface area contributed by atoms with Gasteiger partial charge in [-0.05, 0) is 42.2 Å². The van der Waals surface area contributed by atoms with Crippen LogP contribution in [0.4, 0.5) is 5.69 Å². The molecule has 0 spiro atoms. The van der Waals surface area contributed by atoms with E-state index in [1.165, 1.54) is 17.7 Å². The number of H-pyrrole nitrogens is 1. The van der Waals surface area contributed by atoms with Crippen LogP contribution in [0.5, 0.6) is 0 Å². The van der Waals surface area contributed by atoms with E-state index >= 15 is 0 Å². The highest BCUT2D eigenvalue weighted by molar-refractivity contribution is 5.94. The highest BCUT2D eigenvalue weighted by atomic mass is 14.9. The van der Waals surface area contributed by atoms with E-state index in [2.05, 4.69) is 38.4 Å². The van der Waals surface area contributed by atoms with Crippen molar-refractivity contribution in [3.8, 4) is 0 Å². The van der Waals surface area contributed by atoms with E-state index in [1.54, 1.807) is 0 Å². The fourth-order valence-corrected chi connectivity index (χ4v) is 3.28. The van der Waals surface area contributed by atoms with E-state index < -0.39 is 0 Å². The molecule has 0 aromatic carbocycles. The minimum atomic E-state index is 0.331. The summed E-state index contributed by atoms with van der Waals surface area (Å²) in [5.74, 6) is 0.695. The third-order valence-corrected chi connectivity index (χ3v) is 4.72. The maximum Gasteiger partial charge on any atom is 0.112 e. The second kappa shape index (κ2) is 6.26. The van der Waals surface area contributed by atoms with Gasteiger partial charge in [-0.2, -0.15) is 0 Å². The van der Waals surface area contributed by atoms with Crippen molar-refractivity contribution >= 4 is 22.4 Å². The molecule has 126 valence electrons. The zero-order chi connectivity index (χ0) is 17.4. The average Bonchev–Trinajstić information content (AvgIpc) is 2.82. The van der Waals surface area contributed by atoms with Gasteiger partial charge in [-0.15, -0.1) is 0 Å².